The molecular weight excluding hydrogens is 456 g/mol. The van der Waals surface area contributed by atoms with Crippen LogP contribution in [0.25, 0.3) is 6.08 Å². The third-order valence-corrected chi connectivity index (χ3v) is 5.66. The summed E-state index contributed by atoms with van der Waals surface area (Å²) in [5, 5.41) is 3.27. The Bertz CT molecular complexity index is 1210. The zero-order valence-electron chi connectivity index (χ0n) is 17.1. The molecule has 32 heavy (non-hydrogen) atoms. The molecule has 0 aliphatic rings. The predicted molar refractivity (Wildman–Crippen MR) is 122 cm³/mol. The summed E-state index contributed by atoms with van der Waals surface area (Å²) in [6.45, 7) is 0. The van der Waals surface area contributed by atoms with E-state index in [2.05, 4.69) is 20.0 Å². The number of carbonyl (C=O) groups is 1. The smallest absolute Gasteiger partial charge is 0.321 e. The van der Waals surface area contributed by atoms with E-state index in [1.54, 1.807) is 30.3 Å². The molecule has 0 radical (unpaired) electrons. The molecule has 3 aromatic rings. The number of anilines is 2. The first-order chi connectivity index (χ1) is 15.3. The molecule has 0 aliphatic heterocycles. The topological polar surface area (TPSA) is 120 Å². The molecule has 0 fully saturated rings. The quantitative estimate of drug-likeness (QED) is 0.478. The lowest BCUT2D eigenvalue weighted by atomic mass is 10.2. The standard InChI is InChI=1S/C21H19ClN4O5S/c1-30-20-13-18(24-21(25-20)31-2)26-32(28,29)17-10-8-16(9-11-17)23-19(27)12-5-14-3-6-15(22)7-4-14/h3-13H,1-2H3,(H,23,27)(H,24,25,26)/b12-5+. The van der Waals surface area contributed by atoms with Gasteiger partial charge in [0, 0.05) is 22.9 Å². The number of hydrogen-bond donors (Lipinski definition) is 2. The van der Waals surface area contributed by atoms with Gasteiger partial charge >= 0.3 is 6.01 Å². The summed E-state index contributed by atoms with van der Waals surface area (Å²) in [6.07, 6.45) is 3.00. The summed E-state index contributed by atoms with van der Waals surface area (Å²) in [6, 6.07) is 13.9. The third-order valence-electron chi connectivity index (χ3n) is 4.04. The van der Waals surface area contributed by atoms with Crippen LogP contribution in [0.4, 0.5) is 11.5 Å². The number of nitrogens with one attached hydrogen (secondary N) is 2. The number of benzene rings is 2. The lowest BCUT2D eigenvalue weighted by Gasteiger charge is -2.10. The van der Waals surface area contributed by atoms with Crippen LogP contribution >= 0.6 is 11.6 Å². The van der Waals surface area contributed by atoms with Gasteiger partial charge in [0.1, 0.15) is 0 Å². The SMILES string of the molecule is COc1cc(NS(=O)(=O)c2ccc(NC(=O)/C=C/c3ccc(Cl)cc3)cc2)nc(OC)n1. The Labute approximate surface area is 190 Å². The summed E-state index contributed by atoms with van der Waals surface area (Å²) in [4.78, 5) is 19.9. The molecule has 3 rings (SSSR count). The highest BCUT2D eigenvalue weighted by molar-refractivity contribution is 7.92. The van der Waals surface area contributed by atoms with Crippen LogP contribution in [0.1, 0.15) is 5.56 Å². The Morgan fingerprint density at radius 2 is 1.69 bits per heavy atom. The number of halogens is 1. The zero-order chi connectivity index (χ0) is 23.1. The number of carbonyl (C=O) groups excluding carboxylic acids is 1. The maximum Gasteiger partial charge on any atom is 0.321 e. The van der Waals surface area contributed by atoms with Crippen molar-refractivity contribution in [3.63, 3.8) is 0 Å². The minimum absolute atomic E-state index is 0.0154. The summed E-state index contributed by atoms with van der Waals surface area (Å²) in [5.41, 5.74) is 1.25. The molecule has 0 spiro atoms. The third kappa shape index (κ3) is 6.19. The van der Waals surface area contributed by atoms with Gasteiger partial charge in [-0.05, 0) is 48.0 Å². The second-order valence-electron chi connectivity index (χ2n) is 6.29. The second-order valence-corrected chi connectivity index (χ2v) is 8.41. The van der Waals surface area contributed by atoms with E-state index in [0.29, 0.717) is 10.7 Å². The van der Waals surface area contributed by atoms with Crippen molar-refractivity contribution >= 4 is 45.1 Å². The number of ether oxygens (including phenoxy) is 2. The van der Waals surface area contributed by atoms with Crippen LogP contribution in [0.3, 0.4) is 0 Å². The van der Waals surface area contributed by atoms with E-state index in [1.165, 1.54) is 50.6 Å². The first-order valence-electron chi connectivity index (χ1n) is 9.13. The Hall–Kier alpha value is -3.63. The van der Waals surface area contributed by atoms with Crippen molar-refractivity contribution in [2.75, 3.05) is 24.3 Å². The molecule has 1 aromatic heterocycles. The predicted octanol–water partition coefficient (Wildman–Crippen LogP) is 3.60. The molecule has 0 unspecified atom stereocenters. The average Bonchev–Trinajstić information content (AvgIpc) is 2.78. The molecule has 9 nitrogen and oxygen atoms in total. The average molecular weight is 475 g/mol. The van der Waals surface area contributed by atoms with Gasteiger partial charge in [0.2, 0.25) is 11.8 Å². The molecule has 0 bridgehead atoms. The van der Waals surface area contributed by atoms with Crippen molar-refractivity contribution in [3.8, 4) is 11.9 Å². The maximum absolute atomic E-state index is 12.7. The van der Waals surface area contributed by atoms with Gasteiger partial charge in [0.15, 0.2) is 5.82 Å². The molecule has 11 heteroatoms. The van der Waals surface area contributed by atoms with Gasteiger partial charge in [-0.25, -0.2) is 8.42 Å². The van der Waals surface area contributed by atoms with Crippen molar-refractivity contribution in [3.05, 3.63) is 71.3 Å². The highest BCUT2D eigenvalue weighted by Gasteiger charge is 2.17. The van der Waals surface area contributed by atoms with Gasteiger partial charge in [0.05, 0.1) is 19.1 Å². The summed E-state index contributed by atoms with van der Waals surface area (Å²) < 4.78 is 37.6. The lowest BCUT2D eigenvalue weighted by Crippen LogP contribution is -2.15. The molecule has 1 heterocycles. The van der Waals surface area contributed by atoms with Crippen molar-refractivity contribution in [1.29, 1.82) is 0 Å². The van der Waals surface area contributed by atoms with Gasteiger partial charge in [0.25, 0.3) is 10.0 Å². The molecule has 2 N–H and O–H groups in total. The van der Waals surface area contributed by atoms with Crippen LogP contribution in [0.2, 0.25) is 5.02 Å². The number of rotatable bonds is 8. The number of sulfonamides is 1. The fourth-order valence-corrected chi connectivity index (χ4v) is 3.61. The van der Waals surface area contributed by atoms with Crippen molar-refractivity contribution in [1.82, 2.24) is 9.97 Å². The fourth-order valence-electron chi connectivity index (χ4n) is 2.50. The second kappa shape index (κ2) is 10.1. The minimum Gasteiger partial charge on any atom is -0.481 e. The largest absolute Gasteiger partial charge is 0.481 e. The van der Waals surface area contributed by atoms with E-state index in [4.69, 9.17) is 21.1 Å². The zero-order valence-corrected chi connectivity index (χ0v) is 18.6. The summed E-state index contributed by atoms with van der Waals surface area (Å²) >= 11 is 5.83. The lowest BCUT2D eigenvalue weighted by molar-refractivity contribution is -0.111. The maximum atomic E-state index is 12.7. The highest BCUT2D eigenvalue weighted by atomic mass is 35.5. The van der Waals surface area contributed by atoms with Crippen molar-refractivity contribution in [2.24, 2.45) is 0 Å². The van der Waals surface area contributed by atoms with Crippen LogP contribution in [0.5, 0.6) is 11.9 Å². The van der Waals surface area contributed by atoms with E-state index in [0.717, 1.165) is 5.56 Å². The first kappa shape index (κ1) is 23.0. The van der Waals surface area contributed by atoms with E-state index in [-0.39, 0.29) is 28.5 Å². The van der Waals surface area contributed by atoms with Crippen molar-refractivity contribution < 1.29 is 22.7 Å². The van der Waals surface area contributed by atoms with Crippen molar-refractivity contribution in [2.45, 2.75) is 4.90 Å². The molecule has 166 valence electrons. The minimum atomic E-state index is -3.95. The number of hydrogen-bond acceptors (Lipinski definition) is 7. The number of amides is 1. The van der Waals surface area contributed by atoms with Crippen LogP contribution in [-0.4, -0.2) is 38.5 Å². The Morgan fingerprint density at radius 3 is 2.31 bits per heavy atom. The van der Waals surface area contributed by atoms with E-state index < -0.39 is 10.0 Å². The van der Waals surface area contributed by atoms with Crippen LogP contribution in [0, 0.1) is 0 Å². The normalized spacial score (nSPS) is 11.2. The molecule has 2 aromatic carbocycles. The molecule has 0 saturated carbocycles. The highest BCUT2D eigenvalue weighted by Crippen LogP contribution is 2.21. The number of methoxy groups -OCH3 is 2. The molecular formula is C21H19ClN4O5S. The van der Waals surface area contributed by atoms with Crippen LogP contribution in [0.15, 0.2) is 65.6 Å². The molecule has 0 atom stereocenters. The van der Waals surface area contributed by atoms with Gasteiger partial charge in [-0.2, -0.15) is 9.97 Å². The molecule has 1 amide bonds. The van der Waals surface area contributed by atoms with Crippen LogP contribution < -0.4 is 19.5 Å². The number of nitrogens with zero attached hydrogens (tertiary/aromatic N) is 2. The number of aromatic nitrogens is 2. The summed E-state index contributed by atoms with van der Waals surface area (Å²) in [7, 11) is -1.21. The van der Waals surface area contributed by atoms with Gasteiger partial charge in [-0.1, -0.05) is 23.7 Å². The van der Waals surface area contributed by atoms with Crippen LogP contribution in [-0.2, 0) is 14.8 Å². The molecule has 0 aliphatic carbocycles. The van der Waals surface area contributed by atoms with E-state index in [9.17, 15) is 13.2 Å². The Balaban J connectivity index is 1.67. The summed E-state index contributed by atoms with van der Waals surface area (Å²) in [5.74, 6) is -0.244. The van der Waals surface area contributed by atoms with Gasteiger partial charge in [-0.15, -0.1) is 0 Å². The Morgan fingerprint density at radius 1 is 1.00 bits per heavy atom. The van der Waals surface area contributed by atoms with Gasteiger partial charge in [-0.3, -0.25) is 9.52 Å². The fraction of sp³-hybridized carbons (Fsp3) is 0.0952. The Kier molecular flexibility index (Phi) is 7.29. The van der Waals surface area contributed by atoms with Gasteiger partial charge < -0.3 is 14.8 Å². The first-order valence-corrected chi connectivity index (χ1v) is 11.0. The molecule has 0 saturated heterocycles. The van der Waals surface area contributed by atoms with E-state index >= 15 is 0 Å². The van der Waals surface area contributed by atoms with E-state index in [1.807, 2.05) is 0 Å². The monoisotopic (exact) mass is 474 g/mol.